The van der Waals surface area contributed by atoms with E-state index in [9.17, 15) is 9.90 Å². The number of aliphatic hydroxyl groups is 1. The summed E-state index contributed by atoms with van der Waals surface area (Å²) in [6.45, 7) is 4.44. The van der Waals surface area contributed by atoms with Crippen LogP contribution in [0.1, 0.15) is 37.7 Å². The van der Waals surface area contributed by atoms with Crippen molar-refractivity contribution < 1.29 is 14.6 Å². The molecule has 2 unspecified atom stereocenters. The Bertz CT molecular complexity index is 490. The van der Waals surface area contributed by atoms with Gasteiger partial charge in [-0.05, 0) is 48.8 Å². The van der Waals surface area contributed by atoms with Gasteiger partial charge in [-0.15, -0.1) is 0 Å². The molecule has 23 heavy (non-hydrogen) atoms. The molecule has 1 fully saturated rings. The predicted molar refractivity (Wildman–Crippen MR) is 90.8 cm³/mol. The lowest BCUT2D eigenvalue weighted by atomic mass is 9.98. The van der Waals surface area contributed by atoms with Crippen LogP contribution >= 0.6 is 0 Å². The molecule has 1 aliphatic heterocycles. The highest BCUT2D eigenvalue weighted by Gasteiger charge is 2.22. The second kappa shape index (κ2) is 8.77. The third-order valence-electron chi connectivity index (χ3n) is 4.60. The number of amides is 2. The van der Waals surface area contributed by atoms with E-state index in [0.717, 1.165) is 31.6 Å². The van der Waals surface area contributed by atoms with E-state index in [1.807, 2.05) is 17.0 Å². The largest absolute Gasteiger partial charge is 0.497 e. The monoisotopic (exact) mass is 320 g/mol. The Hall–Kier alpha value is -1.75. The van der Waals surface area contributed by atoms with E-state index >= 15 is 0 Å². The second-order valence-electron chi connectivity index (χ2n) is 6.33. The van der Waals surface area contributed by atoms with E-state index in [-0.39, 0.29) is 18.6 Å². The molecule has 1 aromatic rings. The number of ether oxygens (including phenoxy) is 1. The maximum absolute atomic E-state index is 12.2. The highest BCUT2D eigenvalue weighted by Crippen LogP contribution is 2.21. The van der Waals surface area contributed by atoms with Gasteiger partial charge in [0.15, 0.2) is 0 Å². The number of benzene rings is 1. The van der Waals surface area contributed by atoms with Crippen molar-refractivity contribution in [2.45, 2.75) is 32.1 Å². The molecule has 0 bridgehead atoms. The molecule has 1 aliphatic rings. The van der Waals surface area contributed by atoms with Crippen LogP contribution in [0.5, 0.6) is 5.75 Å². The lowest BCUT2D eigenvalue weighted by molar-refractivity contribution is 0.129. The number of hydrogen-bond donors (Lipinski definition) is 2. The van der Waals surface area contributed by atoms with Crippen molar-refractivity contribution in [1.82, 2.24) is 10.2 Å². The van der Waals surface area contributed by atoms with Crippen molar-refractivity contribution in [1.29, 1.82) is 0 Å². The number of hydrogen-bond acceptors (Lipinski definition) is 3. The van der Waals surface area contributed by atoms with Crippen LogP contribution in [0.3, 0.4) is 0 Å². The van der Waals surface area contributed by atoms with Gasteiger partial charge in [0.25, 0.3) is 0 Å². The van der Waals surface area contributed by atoms with E-state index < -0.39 is 0 Å². The molecule has 0 radical (unpaired) electrons. The first-order valence-corrected chi connectivity index (χ1v) is 8.41. The van der Waals surface area contributed by atoms with Gasteiger partial charge in [0, 0.05) is 26.2 Å². The topological polar surface area (TPSA) is 61.8 Å². The van der Waals surface area contributed by atoms with Gasteiger partial charge in [0.1, 0.15) is 5.75 Å². The Labute approximate surface area is 138 Å². The van der Waals surface area contributed by atoms with Crippen LogP contribution in [-0.2, 0) is 0 Å². The molecule has 0 saturated carbocycles. The number of nitrogens with one attached hydrogen (secondary N) is 1. The molecule has 2 N–H and O–H groups in total. The van der Waals surface area contributed by atoms with Crippen LogP contribution in [-0.4, -0.2) is 49.4 Å². The molecule has 5 heteroatoms. The predicted octanol–water partition coefficient (Wildman–Crippen LogP) is 2.60. The van der Waals surface area contributed by atoms with E-state index in [1.54, 1.807) is 7.11 Å². The lowest BCUT2D eigenvalue weighted by Gasteiger charge is -2.32. The number of methoxy groups -OCH3 is 1. The van der Waals surface area contributed by atoms with Crippen LogP contribution in [0.15, 0.2) is 24.3 Å². The number of aliphatic hydroxyl groups excluding tert-OH is 1. The Morgan fingerprint density at radius 1 is 1.43 bits per heavy atom. The third-order valence-corrected chi connectivity index (χ3v) is 4.60. The van der Waals surface area contributed by atoms with Crippen molar-refractivity contribution in [2.75, 3.05) is 33.4 Å². The Kier molecular flexibility index (Phi) is 6.71. The molecule has 1 saturated heterocycles. The first-order chi connectivity index (χ1) is 11.1. The van der Waals surface area contributed by atoms with Crippen molar-refractivity contribution in [3.63, 3.8) is 0 Å². The van der Waals surface area contributed by atoms with E-state index in [1.165, 1.54) is 5.56 Å². The molecule has 2 amide bonds. The van der Waals surface area contributed by atoms with Crippen molar-refractivity contribution >= 4 is 6.03 Å². The zero-order valence-corrected chi connectivity index (χ0v) is 14.1. The smallest absolute Gasteiger partial charge is 0.317 e. The summed E-state index contributed by atoms with van der Waals surface area (Å²) < 4.78 is 5.17. The number of nitrogens with zero attached hydrogens (tertiary/aromatic N) is 1. The Balaban J connectivity index is 1.73. The van der Waals surface area contributed by atoms with Crippen molar-refractivity contribution in [3.05, 3.63) is 29.8 Å². The van der Waals surface area contributed by atoms with Gasteiger partial charge in [0.05, 0.1) is 7.11 Å². The molecule has 128 valence electrons. The first-order valence-electron chi connectivity index (χ1n) is 8.41. The summed E-state index contributed by atoms with van der Waals surface area (Å²) >= 11 is 0. The molecular formula is C18H28N2O3. The van der Waals surface area contributed by atoms with Crippen LogP contribution in [0.2, 0.25) is 0 Å². The van der Waals surface area contributed by atoms with Gasteiger partial charge in [-0.3, -0.25) is 0 Å². The fraction of sp³-hybridized carbons (Fsp3) is 0.611. The zero-order chi connectivity index (χ0) is 16.7. The normalized spacial score (nSPS) is 19.3. The summed E-state index contributed by atoms with van der Waals surface area (Å²) in [6, 6.07) is 8.06. The highest BCUT2D eigenvalue weighted by molar-refractivity contribution is 5.74. The van der Waals surface area contributed by atoms with Crippen LogP contribution in [0, 0.1) is 5.92 Å². The standard InChI is InChI=1S/C18H28N2O3/c1-14(16-5-7-17(23-2)8-6-16)9-10-19-18(22)20-11-3-4-15(12-20)13-21/h5-8,14-15,21H,3-4,9-13H2,1-2H3,(H,19,22). The molecule has 0 aromatic heterocycles. The minimum atomic E-state index is -0.00918. The lowest BCUT2D eigenvalue weighted by Crippen LogP contribution is -2.46. The molecule has 1 heterocycles. The second-order valence-corrected chi connectivity index (χ2v) is 6.33. The average molecular weight is 320 g/mol. The van der Waals surface area contributed by atoms with Gasteiger partial charge in [-0.1, -0.05) is 19.1 Å². The van der Waals surface area contributed by atoms with Gasteiger partial charge >= 0.3 is 6.03 Å². The van der Waals surface area contributed by atoms with Crippen molar-refractivity contribution in [2.24, 2.45) is 5.92 Å². The van der Waals surface area contributed by atoms with E-state index in [4.69, 9.17) is 4.74 Å². The molecule has 2 atom stereocenters. The van der Waals surface area contributed by atoms with E-state index in [0.29, 0.717) is 19.0 Å². The quantitative estimate of drug-likeness (QED) is 0.847. The fourth-order valence-corrected chi connectivity index (χ4v) is 3.01. The third kappa shape index (κ3) is 5.13. The minimum absolute atomic E-state index is 0.00918. The van der Waals surface area contributed by atoms with Gasteiger partial charge in [-0.25, -0.2) is 4.79 Å². The summed E-state index contributed by atoms with van der Waals surface area (Å²) in [5, 5.41) is 12.2. The number of urea groups is 1. The first kappa shape index (κ1) is 17.6. The van der Waals surface area contributed by atoms with Crippen LogP contribution < -0.4 is 10.1 Å². The number of rotatable bonds is 6. The fourth-order valence-electron chi connectivity index (χ4n) is 3.01. The molecule has 0 aliphatic carbocycles. The van der Waals surface area contributed by atoms with E-state index in [2.05, 4.69) is 24.4 Å². The minimum Gasteiger partial charge on any atom is -0.497 e. The SMILES string of the molecule is COc1ccc(C(C)CCNC(=O)N2CCCC(CO)C2)cc1. The molecule has 0 spiro atoms. The number of carbonyl (C=O) groups excluding carboxylic acids is 1. The maximum atomic E-state index is 12.2. The van der Waals surface area contributed by atoms with Crippen LogP contribution in [0.25, 0.3) is 0 Å². The highest BCUT2D eigenvalue weighted by atomic mass is 16.5. The Morgan fingerprint density at radius 2 is 2.17 bits per heavy atom. The summed E-state index contributed by atoms with van der Waals surface area (Å²) in [4.78, 5) is 14.0. The van der Waals surface area contributed by atoms with Gasteiger partial charge in [-0.2, -0.15) is 0 Å². The van der Waals surface area contributed by atoms with Crippen molar-refractivity contribution in [3.8, 4) is 5.75 Å². The molecule has 2 rings (SSSR count). The summed E-state index contributed by atoms with van der Waals surface area (Å²) in [6.07, 6.45) is 2.88. The Morgan fingerprint density at radius 3 is 2.83 bits per heavy atom. The summed E-state index contributed by atoms with van der Waals surface area (Å²) in [5.41, 5.74) is 1.25. The molecular weight excluding hydrogens is 292 g/mol. The average Bonchev–Trinajstić information content (AvgIpc) is 2.61. The number of likely N-dealkylation sites (tertiary alicyclic amines) is 1. The number of carbonyl (C=O) groups is 1. The summed E-state index contributed by atoms with van der Waals surface area (Å²) in [7, 11) is 1.66. The zero-order valence-electron chi connectivity index (χ0n) is 14.1. The maximum Gasteiger partial charge on any atom is 0.317 e. The molecule has 5 nitrogen and oxygen atoms in total. The van der Waals surface area contributed by atoms with Gasteiger partial charge < -0.3 is 20.1 Å². The number of piperidine rings is 1. The van der Waals surface area contributed by atoms with Crippen LogP contribution in [0.4, 0.5) is 4.79 Å². The van der Waals surface area contributed by atoms with Gasteiger partial charge in [0.2, 0.25) is 0 Å². The summed E-state index contributed by atoms with van der Waals surface area (Å²) in [5.74, 6) is 1.47. The molecule has 1 aromatic carbocycles.